The third-order valence-corrected chi connectivity index (χ3v) is 4.00. The molecule has 102 valence electrons. The number of likely N-dealkylation sites (N-methyl/N-ethyl adjacent to an activating group) is 1. The van der Waals surface area contributed by atoms with Gasteiger partial charge in [-0.3, -0.25) is 0 Å². The Morgan fingerprint density at radius 1 is 1.26 bits per heavy atom. The molecule has 1 N–H and O–H groups in total. The van der Waals surface area contributed by atoms with Gasteiger partial charge in [-0.05, 0) is 20.9 Å². The van der Waals surface area contributed by atoms with Crippen molar-refractivity contribution in [3.8, 4) is 11.3 Å². The smallest absolute Gasteiger partial charge is 0.183 e. The third-order valence-electron chi connectivity index (χ3n) is 3.20. The van der Waals surface area contributed by atoms with Crippen LogP contribution in [0.1, 0.15) is 13.8 Å². The van der Waals surface area contributed by atoms with E-state index in [9.17, 15) is 0 Å². The molecule has 2 aromatic rings. The van der Waals surface area contributed by atoms with Gasteiger partial charge < -0.3 is 10.2 Å². The fraction of sp³-hybridized carbons (Fsp3) is 0.400. The summed E-state index contributed by atoms with van der Waals surface area (Å²) < 4.78 is 0. The highest BCUT2D eigenvalue weighted by atomic mass is 32.1. The predicted octanol–water partition coefficient (Wildman–Crippen LogP) is 3.56. The summed E-state index contributed by atoms with van der Waals surface area (Å²) >= 11 is 1.66. The molecule has 4 heteroatoms. The summed E-state index contributed by atoms with van der Waals surface area (Å²) in [5, 5.41) is 6.48. The maximum Gasteiger partial charge on any atom is 0.183 e. The fourth-order valence-corrected chi connectivity index (χ4v) is 2.44. The number of aromatic nitrogens is 1. The lowest BCUT2D eigenvalue weighted by Gasteiger charge is -2.20. The summed E-state index contributed by atoms with van der Waals surface area (Å²) in [7, 11) is 2.14. The van der Waals surface area contributed by atoms with Crippen molar-refractivity contribution in [3.63, 3.8) is 0 Å². The second-order valence-corrected chi connectivity index (χ2v) is 5.76. The molecule has 0 spiro atoms. The highest BCUT2D eigenvalue weighted by molar-refractivity contribution is 7.14. The van der Waals surface area contributed by atoms with E-state index in [1.165, 1.54) is 5.56 Å². The lowest BCUT2D eigenvalue weighted by atomic mass is 10.2. The van der Waals surface area contributed by atoms with Crippen molar-refractivity contribution in [1.29, 1.82) is 0 Å². The Labute approximate surface area is 119 Å². The Hall–Kier alpha value is -1.39. The van der Waals surface area contributed by atoms with Gasteiger partial charge in [0.05, 0.1) is 5.69 Å². The molecule has 3 nitrogen and oxygen atoms in total. The van der Waals surface area contributed by atoms with Crippen LogP contribution in [-0.2, 0) is 0 Å². The van der Waals surface area contributed by atoms with Gasteiger partial charge in [-0.15, -0.1) is 11.3 Å². The van der Waals surface area contributed by atoms with E-state index in [1.807, 2.05) is 18.2 Å². The number of nitrogens with one attached hydrogen (secondary N) is 1. The summed E-state index contributed by atoms with van der Waals surface area (Å²) in [4.78, 5) is 6.93. The largest absolute Gasteiger partial charge is 0.360 e. The van der Waals surface area contributed by atoms with Crippen molar-refractivity contribution < 1.29 is 0 Å². The number of benzene rings is 1. The molecule has 0 aliphatic heterocycles. The molecule has 0 aliphatic rings. The Balaban J connectivity index is 1.88. The topological polar surface area (TPSA) is 28.2 Å². The molecule has 0 bridgehead atoms. The Kier molecular flexibility index (Phi) is 4.93. The number of rotatable bonds is 6. The lowest BCUT2D eigenvalue weighted by molar-refractivity contribution is 0.284. The Morgan fingerprint density at radius 2 is 2.00 bits per heavy atom. The molecule has 0 radical (unpaired) electrons. The number of nitrogens with zero attached hydrogens (tertiary/aromatic N) is 2. The monoisotopic (exact) mass is 275 g/mol. The molecule has 0 saturated carbocycles. The van der Waals surface area contributed by atoms with Gasteiger partial charge in [-0.25, -0.2) is 4.98 Å². The highest BCUT2D eigenvalue weighted by Crippen LogP contribution is 2.24. The van der Waals surface area contributed by atoms with Crippen molar-refractivity contribution >= 4 is 16.5 Å². The van der Waals surface area contributed by atoms with Gasteiger partial charge in [0.1, 0.15) is 0 Å². The molecule has 0 saturated heterocycles. The van der Waals surface area contributed by atoms with Crippen LogP contribution in [-0.4, -0.2) is 36.1 Å². The van der Waals surface area contributed by atoms with E-state index in [0.29, 0.717) is 6.04 Å². The minimum absolute atomic E-state index is 0.581. The van der Waals surface area contributed by atoms with Gasteiger partial charge >= 0.3 is 0 Å². The normalized spacial score (nSPS) is 11.2. The van der Waals surface area contributed by atoms with E-state index in [0.717, 1.165) is 23.9 Å². The van der Waals surface area contributed by atoms with Gasteiger partial charge in [-0.1, -0.05) is 30.3 Å². The van der Waals surface area contributed by atoms with E-state index in [2.05, 4.69) is 53.6 Å². The quantitative estimate of drug-likeness (QED) is 0.873. The van der Waals surface area contributed by atoms with Crippen LogP contribution in [0.4, 0.5) is 5.13 Å². The van der Waals surface area contributed by atoms with Crippen molar-refractivity contribution in [1.82, 2.24) is 9.88 Å². The third kappa shape index (κ3) is 4.04. The maximum atomic E-state index is 4.61. The first-order valence-corrected chi connectivity index (χ1v) is 7.50. The molecule has 1 aromatic carbocycles. The maximum absolute atomic E-state index is 4.61. The van der Waals surface area contributed by atoms with Crippen LogP contribution >= 0.6 is 11.3 Å². The Bertz CT molecular complexity index is 493. The lowest BCUT2D eigenvalue weighted by Crippen LogP contribution is -2.31. The number of anilines is 1. The Morgan fingerprint density at radius 3 is 2.68 bits per heavy atom. The van der Waals surface area contributed by atoms with E-state index >= 15 is 0 Å². The molecule has 2 rings (SSSR count). The number of hydrogen-bond donors (Lipinski definition) is 1. The van der Waals surface area contributed by atoms with Crippen LogP contribution in [0, 0.1) is 0 Å². The second-order valence-electron chi connectivity index (χ2n) is 4.91. The van der Waals surface area contributed by atoms with Crippen LogP contribution in [0.15, 0.2) is 35.7 Å². The number of thiazole rings is 1. The molecule has 19 heavy (non-hydrogen) atoms. The van der Waals surface area contributed by atoms with Crippen molar-refractivity contribution in [2.45, 2.75) is 19.9 Å². The number of hydrogen-bond acceptors (Lipinski definition) is 4. The summed E-state index contributed by atoms with van der Waals surface area (Å²) in [6, 6.07) is 10.9. The first-order chi connectivity index (χ1) is 9.16. The molecule has 0 amide bonds. The van der Waals surface area contributed by atoms with Crippen LogP contribution in [0.3, 0.4) is 0 Å². The van der Waals surface area contributed by atoms with E-state index in [1.54, 1.807) is 11.3 Å². The zero-order chi connectivity index (χ0) is 13.7. The van der Waals surface area contributed by atoms with E-state index in [4.69, 9.17) is 0 Å². The van der Waals surface area contributed by atoms with Gasteiger partial charge in [0.25, 0.3) is 0 Å². The first kappa shape index (κ1) is 14.0. The fourth-order valence-electron chi connectivity index (χ4n) is 1.69. The van der Waals surface area contributed by atoms with Crippen LogP contribution < -0.4 is 5.32 Å². The van der Waals surface area contributed by atoms with Gasteiger partial charge in [-0.2, -0.15) is 0 Å². The van der Waals surface area contributed by atoms with Gasteiger partial charge in [0.2, 0.25) is 0 Å². The highest BCUT2D eigenvalue weighted by Gasteiger charge is 2.05. The average molecular weight is 275 g/mol. The first-order valence-electron chi connectivity index (χ1n) is 6.62. The SMILES string of the molecule is CC(C)N(C)CCNc1nc(-c2ccccc2)cs1. The molecule has 0 unspecified atom stereocenters. The van der Waals surface area contributed by atoms with Crippen molar-refractivity contribution in [3.05, 3.63) is 35.7 Å². The molecule has 0 fully saturated rings. The molecule has 1 heterocycles. The van der Waals surface area contributed by atoms with E-state index in [-0.39, 0.29) is 0 Å². The molecule has 0 atom stereocenters. The summed E-state index contributed by atoms with van der Waals surface area (Å²) in [5.74, 6) is 0. The summed E-state index contributed by atoms with van der Waals surface area (Å²) in [6.07, 6.45) is 0. The van der Waals surface area contributed by atoms with Gasteiger partial charge in [0.15, 0.2) is 5.13 Å². The van der Waals surface area contributed by atoms with Crippen molar-refractivity contribution in [2.24, 2.45) is 0 Å². The molecule has 1 aromatic heterocycles. The van der Waals surface area contributed by atoms with Crippen LogP contribution in [0.25, 0.3) is 11.3 Å². The second kappa shape index (κ2) is 6.68. The van der Waals surface area contributed by atoms with Crippen LogP contribution in [0.5, 0.6) is 0 Å². The minimum Gasteiger partial charge on any atom is -0.360 e. The molecular formula is C15H21N3S. The zero-order valence-corrected chi connectivity index (χ0v) is 12.6. The van der Waals surface area contributed by atoms with Crippen LogP contribution in [0.2, 0.25) is 0 Å². The predicted molar refractivity (Wildman–Crippen MR) is 83.8 cm³/mol. The van der Waals surface area contributed by atoms with Crippen molar-refractivity contribution in [2.75, 3.05) is 25.5 Å². The average Bonchev–Trinajstić information content (AvgIpc) is 2.88. The zero-order valence-electron chi connectivity index (χ0n) is 11.8. The van der Waals surface area contributed by atoms with E-state index < -0.39 is 0 Å². The molecule has 0 aliphatic carbocycles. The molecular weight excluding hydrogens is 254 g/mol. The summed E-state index contributed by atoms with van der Waals surface area (Å²) in [5.41, 5.74) is 2.22. The van der Waals surface area contributed by atoms with Gasteiger partial charge in [0, 0.05) is 30.1 Å². The summed E-state index contributed by atoms with van der Waals surface area (Å²) in [6.45, 7) is 6.36. The standard InChI is InChI=1S/C15H21N3S/c1-12(2)18(3)10-9-16-15-17-14(11-19-15)13-7-5-4-6-8-13/h4-8,11-12H,9-10H2,1-3H3,(H,16,17). The minimum atomic E-state index is 0.581.